The molecule has 2 aliphatic heterocycles. The third-order valence-corrected chi connectivity index (χ3v) is 6.71. The molecule has 0 spiro atoms. The average Bonchev–Trinajstić information content (AvgIpc) is 2.82. The molecule has 9 heteroatoms. The zero-order chi connectivity index (χ0) is 22.0. The average molecular weight is 442 g/mol. The van der Waals surface area contributed by atoms with Crippen molar-refractivity contribution in [2.75, 3.05) is 61.1 Å². The molecule has 2 saturated heterocycles. The second kappa shape index (κ2) is 9.25. The van der Waals surface area contributed by atoms with Crippen molar-refractivity contribution in [1.82, 2.24) is 15.0 Å². The summed E-state index contributed by atoms with van der Waals surface area (Å²) in [6, 6.07) is 4.48. The molecule has 164 valence electrons. The fraction of sp³-hybridized carbons (Fsp3) is 0.545. The molecule has 0 bridgehead atoms. The minimum atomic E-state index is 0.221. The Bertz CT molecular complexity index is 987. The van der Waals surface area contributed by atoms with E-state index in [1.807, 2.05) is 33.2 Å². The summed E-state index contributed by atoms with van der Waals surface area (Å²) in [5, 5.41) is 10.3. The van der Waals surface area contributed by atoms with E-state index >= 15 is 0 Å². The molecular formula is C22H28ClN7O. The summed E-state index contributed by atoms with van der Waals surface area (Å²) in [6.45, 7) is 8.52. The van der Waals surface area contributed by atoms with Crippen molar-refractivity contribution in [3.05, 3.63) is 34.1 Å². The van der Waals surface area contributed by atoms with E-state index in [4.69, 9.17) is 21.3 Å². The first-order chi connectivity index (χ1) is 15.0. The van der Waals surface area contributed by atoms with Crippen molar-refractivity contribution in [1.29, 1.82) is 5.26 Å². The molecule has 1 unspecified atom stereocenters. The number of halogens is 1. The highest BCUT2D eigenvalue weighted by molar-refractivity contribution is 6.32. The minimum Gasteiger partial charge on any atom is -0.378 e. The van der Waals surface area contributed by atoms with Crippen LogP contribution in [0.25, 0.3) is 0 Å². The van der Waals surface area contributed by atoms with Crippen LogP contribution in [0.15, 0.2) is 12.3 Å². The monoisotopic (exact) mass is 441 g/mol. The number of piperidine rings is 1. The zero-order valence-electron chi connectivity index (χ0n) is 18.3. The summed E-state index contributed by atoms with van der Waals surface area (Å²) < 4.78 is 5.45. The number of aryl methyl sites for hydroxylation is 1. The SMILES string of the molecule is Cc1nc(N2CCCC(N(C)c3nccc(N4CCOCC4)n3)C2)c(C#N)c(C)c1Cl. The number of rotatable bonds is 4. The summed E-state index contributed by atoms with van der Waals surface area (Å²) in [6.07, 6.45) is 3.86. The van der Waals surface area contributed by atoms with Crippen molar-refractivity contribution in [3.63, 3.8) is 0 Å². The van der Waals surface area contributed by atoms with Crippen LogP contribution in [0.1, 0.15) is 29.7 Å². The zero-order valence-corrected chi connectivity index (χ0v) is 19.1. The molecule has 4 rings (SSSR count). The molecule has 4 heterocycles. The maximum atomic E-state index is 9.73. The normalized spacial score (nSPS) is 19.3. The minimum absolute atomic E-state index is 0.221. The van der Waals surface area contributed by atoms with E-state index in [1.165, 1.54) is 0 Å². The Morgan fingerprint density at radius 2 is 1.97 bits per heavy atom. The second-order valence-electron chi connectivity index (χ2n) is 8.11. The van der Waals surface area contributed by atoms with Gasteiger partial charge in [0, 0.05) is 45.5 Å². The number of likely N-dealkylation sites (N-methyl/N-ethyl adjacent to an activating group) is 1. The first kappa shape index (κ1) is 21.6. The number of nitrogens with zero attached hydrogens (tertiary/aromatic N) is 7. The fourth-order valence-corrected chi connectivity index (χ4v) is 4.42. The van der Waals surface area contributed by atoms with Crippen LogP contribution < -0.4 is 14.7 Å². The molecule has 0 aliphatic carbocycles. The lowest BCUT2D eigenvalue weighted by molar-refractivity contribution is 0.122. The van der Waals surface area contributed by atoms with Crippen LogP contribution in [-0.4, -0.2) is 67.4 Å². The summed E-state index contributed by atoms with van der Waals surface area (Å²) >= 11 is 6.34. The van der Waals surface area contributed by atoms with Gasteiger partial charge in [-0.25, -0.2) is 9.97 Å². The predicted molar refractivity (Wildman–Crippen MR) is 122 cm³/mol. The molecule has 2 aromatic rings. The number of anilines is 3. The molecule has 0 aromatic carbocycles. The Balaban J connectivity index is 1.55. The molecule has 0 N–H and O–H groups in total. The van der Waals surface area contributed by atoms with E-state index in [0.29, 0.717) is 16.5 Å². The van der Waals surface area contributed by atoms with Crippen LogP contribution in [0, 0.1) is 25.2 Å². The van der Waals surface area contributed by atoms with Gasteiger partial charge in [-0.15, -0.1) is 0 Å². The van der Waals surface area contributed by atoms with Crippen molar-refractivity contribution >= 4 is 29.2 Å². The van der Waals surface area contributed by atoms with Crippen molar-refractivity contribution < 1.29 is 4.74 Å². The highest BCUT2D eigenvalue weighted by Gasteiger charge is 2.28. The van der Waals surface area contributed by atoms with Crippen LogP contribution in [0.2, 0.25) is 5.02 Å². The van der Waals surface area contributed by atoms with Gasteiger partial charge in [-0.05, 0) is 38.3 Å². The van der Waals surface area contributed by atoms with Gasteiger partial charge in [0.1, 0.15) is 17.7 Å². The van der Waals surface area contributed by atoms with Crippen LogP contribution in [0.3, 0.4) is 0 Å². The second-order valence-corrected chi connectivity index (χ2v) is 8.49. The smallest absolute Gasteiger partial charge is 0.227 e. The quantitative estimate of drug-likeness (QED) is 0.716. The van der Waals surface area contributed by atoms with E-state index in [-0.39, 0.29) is 6.04 Å². The molecule has 8 nitrogen and oxygen atoms in total. The van der Waals surface area contributed by atoms with Gasteiger partial charge in [0.2, 0.25) is 5.95 Å². The van der Waals surface area contributed by atoms with Crippen LogP contribution in [0.5, 0.6) is 0 Å². The van der Waals surface area contributed by atoms with Crippen molar-refractivity contribution in [3.8, 4) is 6.07 Å². The van der Waals surface area contributed by atoms with Gasteiger partial charge in [-0.1, -0.05) is 11.6 Å². The van der Waals surface area contributed by atoms with E-state index in [0.717, 1.165) is 75.1 Å². The van der Waals surface area contributed by atoms with Crippen LogP contribution in [0.4, 0.5) is 17.6 Å². The fourth-order valence-electron chi connectivity index (χ4n) is 4.28. The third kappa shape index (κ3) is 4.39. The molecule has 2 aliphatic rings. The molecule has 0 radical (unpaired) electrons. The van der Waals surface area contributed by atoms with Gasteiger partial charge < -0.3 is 19.4 Å². The largest absolute Gasteiger partial charge is 0.378 e. The number of hydrogen-bond donors (Lipinski definition) is 0. The first-order valence-electron chi connectivity index (χ1n) is 10.7. The van der Waals surface area contributed by atoms with E-state index < -0.39 is 0 Å². The standard InChI is InChI=1S/C22H28ClN7O/c1-15-18(13-24)21(26-16(2)20(15)23)30-8-4-5-17(14-30)28(3)22-25-7-6-19(27-22)29-9-11-31-12-10-29/h6-7,17H,4-5,8-12,14H2,1-3H3. The molecule has 1 atom stereocenters. The van der Waals surface area contributed by atoms with Crippen LogP contribution in [-0.2, 0) is 4.74 Å². The maximum absolute atomic E-state index is 9.73. The van der Waals surface area contributed by atoms with Gasteiger partial charge in [0.15, 0.2) is 0 Å². The molecule has 2 fully saturated rings. The molecule has 2 aromatic heterocycles. The highest BCUT2D eigenvalue weighted by Crippen LogP contribution is 2.31. The van der Waals surface area contributed by atoms with Gasteiger partial charge in [0.05, 0.1) is 29.5 Å². The topological polar surface area (TPSA) is 81.4 Å². The van der Waals surface area contributed by atoms with E-state index in [9.17, 15) is 5.26 Å². The number of aromatic nitrogens is 3. The van der Waals surface area contributed by atoms with Gasteiger partial charge in [0.25, 0.3) is 0 Å². The summed E-state index contributed by atoms with van der Waals surface area (Å²) in [7, 11) is 2.05. The molecule has 0 amide bonds. The van der Waals surface area contributed by atoms with Gasteiger partial charge in [-0.3, -0.25) is 0 Å². The van der Waals surface area contributed by atoms with E-state index in [1.54, 1.807) is 0 Å². The third-order valence-electron chi connectivity index (χ3n) is 6.15. The van der Waals surface area contributed by atoms with E-state index in [2.05, 4.69) is 30.7 Å². The lowest BCUT2D eigenvalue weighted by Crippen LogP contribution is -2.48. The number of hydrogen-bond acceptors (Lipinski definition) is 8. The lowest BCUT2D eigenvalue weighted by Gasteiger charge is -2.39. The Labute approximate surface area is 188 Å². The summed E-state index contributed by atoms with van der Waals surface area (Å²) in [4.78, 5) is 20.6. The Kier molecular flexibility index (Phi) is 6.44. The van der Waals surface area contributed by atoms with Crippen molar-refractivity contribution in [2.24, 2.45) is 0 Å². The lowest BCUT2D eigenvalue weighted by atomic mass is 10.0. The van der Waals surface area contributed by atoms with Crippen LogP contribution >= 0.6 is 11.6 Å². The molecule has 31 heavy (non-hydrogen) atoms. The Hall–Kier alpha value is -2.63. The highest BCUT2D eigenvalue weighted by atomic mass is 35.5. The maximum Gasteiger partial charge on any atom is 0.227 e. The summed E-state index contributed by atoms with van der Waals surface area (Å²) in [5.74, 6) is 2.38. The van der Waals surface area contributed by atoms with Crippen molar-refractivity contribution in [2.45, 2.75) is 32.7 Å². The number of nitriles is 1. The first-order valence-corrected chi connectivity index (χ1v) is 11.1. The predicted octanol–water partition coefficient (Wildman–Crippen LogP) is 2.96. The number of ether oxygens (including phenoxy) is 1. The molecule has 0 saturated carbocycles. The van der Waals surface area contributed by atoms with Gasteiger partial charge in [-0.2, -0.15) is 10.2 Å². The number of pyridine rings is 1. The number of morpholine rings is 1. The van der Waals surface area contributed by atoms with Gasteiger partial charge >= 0.3 is 0 Å². The summed E-state index contributed by atoms with van der Waals surface area (Å²) in [5.41, 5.74) is 2.11. The molecular weight excluding hydrogens is 414 g/mol. The Morgan fingerprint density at radius 3 is 2.71 bits per heavy atom. The Morgan fingerprint density at radius 1 is 1.19 bits per heavy atom.